The average Bonchev–Trinajstić information content (AvgIpc) is 2.70. The number of rotatable bonds is 4. The van der Waals surface area contributed by atoms with Crippen LogP contribution in [0.5, 0.6) is 5.75 Å². The van der Waals surface area contributed by atoms with Crippen molar-refractivity contribution in [2.75, 3.05) is 12.3 Å². The van der Waals surface area contributed by atoms with Crippen LogP contribution in [0.4, 0.5) is 5.69 Å². The first-order valence-corrected chi connectivity index (χ1v) is 7.12. The fourth-order valence-corrected chi connectivity index (χ4v) is 3.09. The molecule has 2 aromatic rings. The van der Waals surface area contributed by atoms with Gasteiger partial charge in [0.05, 0.1) is 22.2 Å². The predicted octanol–water partition coefficient (Wildman–Crippen LogP) is 4.27. The van der Waals surface area contributed by atoms with Crippen molar-refractivity contribution in [3.8, 4) is 5.75 Å². The topological polar surface area (TPSA) is 52.3 Å². The number of nitrogens with two attached hydrogens (primary N) is 1. The van der Waals surface area contributed by atoms with Gasteiger partial charge in [0.1, 0.15) is 10.1 Å². The van der Waals surface area contributed by atoms with Crippen molar-refractivity contribution in [1.82, 2.24) is 0 Å². The molecule has 1 aromatic carbocycles. The van der Waals surface area contributed by atoms with Crippen molar-refractivity contribution in [2.45, 2.75) is 6.92 Å². The van der Waals surface area contributed by atoms with Gasteiger partial charge in [-0.05, 0) is 31.2 Å². The third-order valence-electron chi connectivity index (χ3n) is 2.47. The van der Waals surface area contributed by atoms with Crippen LogP contribution in [0.1, 0.15) is 22.8 Å². The first-order chi connectivity index (χ1) is 9.02. The number of carbonyl (C=O) groups excluding carboxylic acids is 1. The highest BCUT2D eigenvalue weighted by molar-refractivity contribution is 7.20. The Bertz CT molecular complexity index is 625. The standard InChI is InChI=1S/C13H11Cl2NO2S/c1-2-18-10-4-3-7(5-9(10)16)12(17)8-6-11(14)19-13(8)15/h3-6H,2,16H2,1H3. The lowest BCUT2D eigenvalue weighted by atomic mass is 10.1. The van der Waals surface area contributed by atoms with E-state index in [9.17, 15) is 4.79 Å². The monoisotopic (exact) mass is 315 g/mol. The zero-order chi connectivity index (χ0) is 14.0. The smallest absolute Gasteiger partial charge is 0.195 e. The van der Waals surface area contributed by atoms with Gasteiger partial charge in [-0.3, -0.25) is 4.79 Å². The molecule has 0 radical (unpaired) electrons. The van der Waals surface area contributed by atoms with E-state index in [4.69, 9.17) is 33.7 Å². The molecule has 19 heavy (non-hydrogen) atoms. The molecule has 2 N–H and O–H groups in total. The minimum atomic E-state index is -0.206. The molecule has 2 rings (SSSR count). The molecule has 0 saturated carbocycles. The third-order valence-corrected chi connectivity index (χ3v) is 3.96. The van der Waals surface area contributed by atoms with Gasteiger partial charge in [-0.2, -0.15) is 0 Å². The Balaban J connectivity index is 2.34. The first kappa shape index (κ1) is 14.2. The maximum Gasteiger partial charge on any atom is 0.195 e. The van der Waals surface area contributed by atoms with Crippen LogP contribution in [-0.2, 0) is 0 Å². The number of halogens is 2. The number of anilines is 1. The zero-order valence-corrected chi connectivity index (χ0v) is 12.4. The maximum absolute atomic E-state index is 12.3. The summed E-state index contributed by atoms with van der Waals surface area (Å²) in [5, 5.41) is 0. The Hall–Kier alpha value is -1.23. The quantitative estimate of drug-likeness (QED) is 0.677. The summed E-state index contributed by atoms with van der Waals surface area (Å²) in [6.07, 6.45) is 0. The fourth-order valence-electron chi connectivity index (χ4n) is 1.63. The molecule has 0 aliphatic carbocycles. The Labute approximate surface area is 124 Å². The van der Waals surface area contributed by atoms with Crippen molar-refractivity contribution in [3.63, 3.8) is 0 Å². The lowest BCUT2D eigenvalue weighted by Crippen LogP contribution is -2.03. The van der Waals surface area contributed by atoms with Gasteiger partial charge in [-0.15, -0.1) is 11.3 Å². The van der Waals surface area contributed by atoms with Crippen LogP contribution in [0.15, 0.2) is 24.3 Å². The third kappa shape index (κ3) is 3.03. The molecule has 3 nitrogen and oxygen atoms in total. The van der Waals surface area contributed by atoms with E-state index >= 15 is 0 Å². The van der Waals surface area contributed by atoms with E-state index in [0.717, 1.165) is 11.3 Å². The predicted molar refractivity (Wildman–Crippen MR) is 79.8 cm³/mol. The van der Waals surface area contributed by atoms with Crippen molar-refractivity contribution < 1.29 is 9.53 Å². The molecule has 6 heteroatoms. The van der Waals surface area contributed by atoms with Crippen molar-refractivity contribution in [2.24, 2.45) is 0 Å². The molecule has 0 atom stereocenters. The number of ketones is 1. The largest absolute Gasteiger partial charge is 0.492 e. The molecule has 0 aliphatic heterocycles. The Morgan fingerprint density at radius 2 is 2.11 bits per heavy atom. The lowest BCUT2D eigenvalue weighted by Gasteiger charge is -2.08. The van der Waals surface area contributed by atoms with E-state index in [-0.39, 0.29) is 5.78 Å². The van der Waals surface area contributed by atoms with E-state index in [1.165, 1.54) is 0 Å². The van der Waals surface area contributed by atoms with Gasteiger partial charge in [0, 0.05) is 5.56 Å². The SMILES string of the molecule is CCOc1ccc(C(=O)c2cc(Cl)sc2Cl)cc1N. The average molecular weight is 316 g/mol. The summed E-state index contributed by atoms with van der Waals surface area (Å²) in [4.78, 5) is 12.3. The number of ether oxygens (including phenoxy) is 1. The summed E-state index contributed by atoms with van der Waals surface area (Å²) in [5.74, 6) is 0.358. The molecule has 0 aliphatic rings. The lowest BCUT2D eigenvalue weighted by molar-refractivity contribution is 0.103. The van der Waals surface area contributed by atoms with Gasteiger partial charge in [-0.25, -0.2) is 0 Å². The number of hydrogen-bond acceptors (Lipinski definition) is 4. The summed E-state index contributed by atoms with van der Waals surface area (Å²) in [5.41, 5.74) is 7.10. The highest BCUT2D eigenvalue weighted by Crippen LogP contribution is 2.33. The molecule has 0 fully saturated rings. The number of benzene rings is 1. The molecule has 0 unspecified atom stereocenters. The molecule has 100 valence electrons. The van der Waals surface area contributed by atoms with Crippen LogP contribution in [0.25, 0.3) is 0 Å². The van der Waals surface area contributed by atoms with Gasteiger partial charge in [0.2, 0.25) is 0 Å². The molecular formula is C13H11Cl2NO2S. The minimum Gasteiger partial charge on any atom is -0.492 e. The summed E-state index contributed by atoms with van der Waals surface area (Å²) < 4.78 is 6.18. The molecule has 1 aromatic heterocycles. The Morgan fingerprint density at radius 1 is 1.37 bits per heavy atom. The highest BCUT2D eigenvalue weighted by Gasteiger charge is 2.17. The molecule has 1 heterocycles. The summed E-state index contributed by atoms with van der Waals surface area (Å²) >= 11 is 13.0. The van der Waals surface area contributed by atoms with Gasteiger partial charge >= 0.3 is 0 Å². The Kier molecular flexibility index (Phi) is 4.34. The molecular weight excluding hydrogens is 305 g/mol. The zero-order valence-electron chi connectivity index (χ0n) is 10.1. The fraction of sp³-hybridized carbons (Fsp3) is 0.154. The number of carbonyl (C=O) groups is 1. The summed E-state index contributed by atoms with van der Waals surface area (Å²) in [6.45, 7) is 2.38. The van der Waals surface area contributed by atoms with Crippen LogP contribution >= 0.6 is 34.5 Å². The maximum atomic E-state index is 12.3. The van der Waals surface area contributed by atoms with Crippen molar-refractivity contribution >= 4 is 46.0 Å². The van der Waals surface area contributed by atoms with E-state index in [0.29, 0.717) is 37.8 Å². The molecule has 0 spiro atoms. The van der Waals surface area contributed by atoms with E-state index in [1.807, 2.05) is 6.92 Å². The molecule has 0 bridgehead atoms. The second kappa shape index (κ2) is 5.82. The van der Waals surface area contributed by atoms with Crippen LogP contribution in [-0.4, -0.2) is 12.4 Å². The second-order valence-corrected chi connectivity index (χ2v) is 6.04. The van der Waals surface area contributed by atoms with Crippen LogP contribution in [0.3, 0.4) is 0 Å². The van der Waals surface area contributed by atoms with E-state index in [2.05, 4.69) is 0 Å². The molecule has 0 saturated heterocycles. The van der Waals surface area contributed by atoms with Crippen LogP contribution < -0.4 is 10.5 Å². The van der Waals surface area contributed by atoms with Crippen molar-refractivity contribution in [1.29, 1.82) is 0 Å². The number of thiophene rings is 1. The summed E-state index contributed by atoms with van der Waals surface area (Å²) in [6, 6.07) is 6.47. The normalized spacial score (nSPS) is 10.5. The van der Waals surface area contributed by atoms with E-state index < -0.39 is 0 Å². The Morgan fingerprint density at radius 3 is 2.63 bits per heavy atom. The van der Waals surface area contributed by atoms with E-state index in [1.54, 1.807) is 24.3 Å². The van der Waals surface area contributed by atoms with Gasteiger partial charge < -0.3 is 10.5 Å². The highest BCUT2D eigenvalue weighted by atomic mass is 35.5. The van der Waals surface area contributed by atoms with Gasteiger partial charge in [0.25, 0.3) is 0 Å². The minimum absolute atomic E-state index is 0.206. The number of hydrogen-bond donors (Lipinski definition) is 1. The van der Waals surface area contributed by atoms with Crippen LogP contribution in [0, 0.1) is 0 Å². The van der Waals surface area contributed by atoms with Gasteiger partial charge in [-0.1, -0.05) is 23.2 Å². The van der Waals surface area contributed by atoms with Crippen LogP contribution in [0.2, 0.25) is 8.67 Å². The van der Waals surface area contributed by atoms with Gasteiger partial charge in [0.15, 0.2) is 5.78 Å². The number of nitrogen functional groups attached to an aromatic ring is 1. The summed E-state index contributed by atoms with van der Waals surface area (Å²) in [7, 11) is 0. The molecule has 0 amide bonds. The second-order valence-electron chi connectivity index (χ2n) is 3.75. The van der Waals surface area contributed by atoms with Crippen molar-refractivity contribution in [3.05, 3.63) is 44.1 Å². The first-order valence-electron chi connectivity index (χ1n) is 5.54.